The lowest BCUT2D eigenvalue weighted by Crippen LogP contribution is -2.06. The average Bonchev–Trinajstić information content (AvgIpc) is 1.69. The molecule has 0 amide bonds. The van der Waals surface area contributed by atoms with Crippen molar-refractivity contribution in [1.29, 1.82) is 0 Å². The summed E-state index contributed by atoms with van der Waals surface area (Å²) in [6.07, 6.45) is 4.36. The first-order valence-corrected chi connectivity index (χ1v) is 2.59. The van der Waals surface area contributed by atoms with Crippen molar-refractivity contribution in [2.75, 3.05) is 0 Å². The Balaban J connectivity index is 2.36. The highest BCUT2D eigenvalue weighted by atomic mass is 16.3. The van der Waals surface area contributed by atoms with Gasteiger partial charge in [0, 0.05) is 6.21 Å². The highest BCUT2D eigenvalue weighted by Gasteiger charge is 2.01. The van der Waals surface area contributed by atoms with E-state index in [4.69, 9.17) is 5.11 Å². The molecule has 1 atom stereocenters. The van der Waals surface area contributed by atoms with E-state index in [1.54, 1.807) is 6.21 Å². The van der Waals surface area contributed by atoms with Crippen molar-refractivity contribution in [2.24, 2.45) is 4.99 Å². The van der Waals surface area contributed by atoms with Gasteiger partial charge >= 0.3 is 0 Å². The molecule has 7 heavy (non-hydrogen) atoms. The molecule has 1 unspecified atom stereocenters. The Bertz CT molecular complexity index is 80.1. The van der Waals surface area contributed by atoms with Crippen LogP contribution in [0.2, 0.25) is 0 Å². The monoisotopic (exact) mass is 99.1 g/mol. The fourth-order valence-corrected chi connectivity index (χ4v) is 0.662. The molecular weight excluding hydrogens is 90.1 g/mol. The zero-order valence-corrected chi connectivity index (χ0v) is 4.17. The number of nitrogens with zero attached hydrogens (tertiary/aromatic N) is 1. The summed E-state index contributed by atoms with van der Waals surface area (Å²) >= 11 is 0. The maximum Gasteiger partial charge on any atom is 0.144 e. The fourth-order valence-electron chi connectivity index (χ4n) is 0.662. The van der Waals surface area contributed by atoms with E-state index in [-0.39, 0.29) is 0 Å². The molecule has 0 bridgehead atoms. The van der Waals surface area contributed by atoms with E-state index >= 15 is 0 Å². The van der Waals surface area contributed by atoms with Crippen LogP contribution in [0.25, 0.3) is 0 Å². The van der Waals surface area contributed by atoms with Gasteiger partial charge in [0.15, 0.2) is 0 Å². The molecule has 2 nitrogen and oxygen atoms in total. The Morgan fingerprint density at radius 2 is 2.57 bits per heavy atom. The SMILES string of the molecule is OC1CCCC=N1. The Morgan fingerprint density at radius 3 is 2.86 bits per heavy atom. The second kappa shape index (κ2) is 2.07. The highest BCUT2D eigenvalue weighted by molar-refractivity contribution is 5.57. The van der Waals surface area contributed by atoms with Gasteiger partial charge in [0.05, 0.1) is 0 Å². The third-order valence-electron chi connectivity index (χ3n) is 1.07. The van der Waals surface area contributed by atoms with Gasteiger partial charge in [-0.1, -0.05) is 0 Å². The van der Waals surface area contributed by atoms with E-state index in [0.717, 1.165) is 19.3 Å². The molecule has 0 spiro atoms. The van der Waals surface area contributed by atoms with Crippen LogP contribution in [-0.4, -0.2) is 17.5 Å². The van der Waals surface area contributed by atoms with Crippen LogP contribution in [0.1, 0.15) is 19.3 Å². The Morgan fingerprint density at radius 1 is 1.71 bits per heavy atom. The lowest BCUT2D eigenvalue weighted by Gasteiger charge is -2.07. The second-order valence-electron chi connectivity index (χ2n) is 1.74. The first-order chi connectivity index (χ1) is 3.39. The molecular formula is C5H9NO. The zero-order chi connectivity index (χ0) is 5.11. The van der Waals surface area contributed by atoms with Crippen molar-refractivity contribution in [2.45, 2.75) is 25.5 Å². The molecule has 0 saturated heterocycles. The highest BCUT2D eigenvalue weighted by Crippen LogP contribution is 2.04. The van der Waals surface area contributed by atoms with Gasteiger partial charge in [-0.15, -0.1) is 0 Å². The summed E-state index contributed by atoms with van der Waals surface area (Å²) < 4.78 is 0. The van der Waals surface area contributed by atoms with Crippen LogP contribution in [0, 0.1) is 0 Å². The van der Waals surface area contributed by atoms with E-state index in [0.29, 0.717) is 0 Å². The minimum atomic E-state index is -0.395. The number of rotatable bonds is 0. The molecule has 0 saturated carbocycles. The third kappa shape index (κ3) is 1.27. The van der Waals surface area contributed by atoms with E-state index < -0.39 is 6.23 Å². The van der Waals surface area contributed by atoms with Crippen molar-refractivity contribution in [3.05, 3.63) is 0 Å². The molecule has 0 radical (unpaired) electrons. The molecule has 2 heteroatoms. The van der Waals surface area contributed by atoms with Crippen LogP contribution in [0.3, 0.4) is 0 Å². The zero-order valence-electron chi connectivity index (χ0n) is 4.17. The van der Waals surface area contributed by atoms with Crippen molar-refractivity contribution in [3.63, 3.8) is 0 Å². The van der Waals surface area contributed by atoms with Gasteiger partial charge in [-0.2, -0.15) is 0 Å². The molecule has 0 aromatic rings. The molecule has 1 rings (SSSR count). The topological polar surface area (TPSA) is 32.6 Å². The summed E-state index contributed by atoms with van der Waals surface area (Å²) in [6, 6.07) is 0. The molecule has 0 fully saturated rings. The summed E-state index contributed by atoms with van der Waals surface area (Å²) in [6.45, 7) is 0. The summed E-state index contributed by atoms with van der Waals surface area (Å²) in [5.41, 5.74) is 0. The summed E-state index contributed by atoms with van der Waals surface area (Å²) in [4.78, 5) is 3.76. The lowest BCUT2D eigenvalue weighted by molar-refractivity contribution is 0.168. The summed E-state index contributed by atoms with van der Waals surface area (Å²) in [5.74, 6) is 0. The van der Waals surface area contributed by atoms with Gasteiger partial charge < -0.3 is 5.11 Å². The lowest BCUT2D eigenvalue weighted by atomic mass is 10.2. The van der Waals surface area contributed by atoms with Crippen LogP contribution in [-0.2, 0) is 0 Å². The van der Waals surface area contributed by atoms with Gasteiger partial charge in [0.25, 0.3) is 0 Å². The number of hydrogen-bond donors (Lipinski definition) is 1. The van der Waals surface area contributed by atoms with Gasteiger partial charge in [-0.05, 0) is 19.3 Å². The van der Waals surface area contributed by atoms with Crippen LogP contribution >= 0.6 is 0 Å². The Kier molecular flexibility index (Phi) is 1.42. The smallest absolute Gasteiger partial charge is 0.144 e. The van der Waals surface area contributed by atoms with E-state index in [1.807, 2.05) is 0 Å². The van der Waals surface area contributed by atoms with Crippen LogP contribution in [0.15, 0.2) is 4.99 Å². The second-order valence-corrected chi connectivity index (χ2v) is 1.74. The van der Waals surface area contributed by atoms with Gasteiger partial charge in [-0.3, -0.25) is 4.99 Å². The largest absolute Gasteiger partial charge is 0.372 e. The standard InChI is InChI=1S/C5H9NO/c7-5-3-1-2-4-6-5/h4-5,7H,1-3H2. The molecule has 1 aliphatic heterocycles. The molecule has 0 aromatic carbocycles. The van der Waals surface area contributed by atoms with Crippen molar-refractivity contribution < 1.29 is 5.11 Å². The first-order valence-electron chi connectivity index (χ1n) is 2.59. The molecule has 0 aromatic heterocycles. The van der Waals surface area contributed by atoms with E-state index in [2.05, 4.69) is 4.99 Å². The van der Waals surface area contributed by atoms with Crippen molar-refractivity contribution in [1.82, 2.24) is 0 Å². The van der Waals surface area contributed by atoms with E-state index in [9.17, 15) is 0 Å². The van der Waals surface area contributed by atoms with E-state index in [1.165, 1.54) is 0 Å². The van der Waals surface area contributed by atoms with Gasteiger partial charge in [0.1, 0.15) is 6.23 Å². The molecule has 1 N–H and O–H groups in total. The fraction of sp³-hybridized carbons (Fsp3) is 0.800. The van der Waals surface area contributed by atoms with Crippen molar-refractivity contribution in [3.8, 4) is 0 Å². The number of aliphatic hydroxyl groups is 1. The minimum Gasteiger partial charge on any atom is -0.372 e. The van der Waals surface area contributed by atoms with Gasteiger partial charge in [0.2, 0.25) is 0 Å². The minimum absolute atomic E-state index is 0.395. The normalized spacial score (nSPS) is 30.7. The van der Waals surface area contributed by atoms with Crippen LogP contribution in [0.5, 0.6) is 0 Å². The Labute approximate surface area is 42.9 Å². The van der Waals surface area contributed by atoms with Crippen LogP contribution < -0.4 is 0 Å². The number of hydrogen-bond acceptors (Lipinski definition) is 2. The quantitative estimate of drug-likeness (QED) is 0.473. The molecule has 40 valence electrons. The number of aliphatic hydroxyl groups excluding tert-OH is 1. The molecule has 0 aliphatic carbocycles. The summed E-state index contributed by atoms with van der Waals surface area (Å²) in [7, 11) is 0. The first kappa shape index (κ1) is 4.78. The van der Waals surface area contributed by atoms with Crippen molar-refractivity contribution >= 4 is 6.21 Å². The number of aliphatic imine (C=N–C) groups is 1. The van der Waals surface area contributed by atoms with Gasteiger partial charge in [-0.25, -0.2) is 0 Å². The van der Waals surface area contributed by atoms with Crippen LogP contribution in [0.4, 0.5) is 0 Å². The third-order valence-corrected chi connectivity index (χ3v) is 1.07. The predicted octanol–water partition coefficient (Wildman–Crippen LogP) is 0.559. The molecule has 1 heterocycles. The maximum atomic E-state index is 8.71. The Hall–Kier alpha value is -0.370. The predicted molar refractivity (Wildman–Crippen MR) is 28.3 cm³/mol. The maximum absolute atomic E-state index is 8.71. The summed E-state index contributed by atoms with van der Waals surface area (Å²) in [5, 5.41) is 8.71. The average molecular weight is 99.1 g/mol. The molecule has 1 aliphatic rings.